The molecule has 0 unspecified atom stereocenters. The van der Waals surface area contributed by atoms with Crippen LogP contribution in [0.1, 0.15) is 31.4 Å². The fourth-order valence-electron chi connectivity index (χ4n) is 2.36. The summed E-state index contributed by atoms with van der Waals surface area (Å²) in [5.41, 5.74) is 7.31. The van der Waals surface area contributed by atoms with E-state index in [-0.39, 0.29) is 11.8 Å². The van der Waals surface area contributed by atoms with E-state index in [4.69, 9.17) is 15.2 Å². The van der Waals surface area contributed by atoms with E-state index in [0.717, 1.165) is 31.6 Å². The van der Waals surface area contributed by atoms with Crippen molar-refractivity contribution in [1.82, 2.24) is 0 Å². The maximum atomic E-state index is 9.67. The van der Waals surface area contributed by atoms with Crippen molar-refractivity contribution in [3.8, 4) is 11.5 Å². The van der Waals surface area contributed by atoms with E-state index in [1.54, 1.807) is 6.07 Å². The van der Waals surface area contributed by atoms with Gasteiger partial charge < -0.3 is 20.3 Å². The minimum absolute atomic E-state index is 0.0197. The molecule has 0 bridgehead atoms. The zero-order valence-electron chi connectivity index (χ0n) is 10.8. The molecule has 1 aromatic carbocycles. The van der Waals surface area contributed by atoms with Crippen molar-refractivity contribution in [2.45, 2.75) is 25.8 Å². The molecule has 0 radical (unpaired) electrons. The minimum Gasteiger partial charge on any atom is -0.504 e. The van der Waals surface area contributed by atoms with Crippen molar-refractivity contribution in [2.24, 2.45) is 11.7 Å². The van der Waals surface area contributed by atoms with Crippen LogP contribution in [0.15, 0.2) is 18.2 Å². The van der Waals surface area contributed by atoms with Crippen molar-refractivity contribution in [3.63, 3.8) is 0 Å². The molecule has 0 aromatic heterocycles. The molecule has 100 valence electrons. The SMILES string of the molecule is CCOc1cc([C@H](N)C2CCOCC2)ccc1O. The van der Waals surface area contributed by atoms with E-state index in [0.29, 0.717) is 18.3 Å². The lowest BCUT2D eigenvalue weighted by Crippen LogP contribution is -2.27. The van der Waals surface area contributed by atoms with Gasteiger partial charge in [-0.1, -0.05) is 6.07 Å². The smallest absolute Gasteiger partial charge is 0.161 e. The molecule has 1 heterocycles. The summed E-state index contributed by atoms with van der Waals surface area (Å²) in [7, 11) is 0. The monoisotopic (exact) mass is 251 g/mol. The van der Waals surface area contributed by atoms with Crippen molar-refractivity contribution in [3.05, 3.63) is 23.8 Å². The molecule has 0 spiro atoms. The molecule has 1 aliphatic rings. The molecule has 0 aliphatic carbocycles. The Morgan fingerprint density at radius 3 is 2.83 bits per heavy atom. The Morgan fingerprint density at radius 1 is 1.44 bits per heavy atom. The van der Waals surface area contributed by atoms with Gasteiger partial charge in [0, 0.05) is 19.3 Å². The topological polar surface area (TPSA) is 64.7 Å². The molecule has 0 amide bonds. The lowest BCUT2D eigenvalue weighted by molar-refractivity contribution is 0.0583. The van der Waals surface area contributed by atoms with Crippen molar-refractivity contribution >= 4 is 0 Å². The number of ether oxygens (including phenoxy) is 2. The second-order valence-electron chi connectivity index (χ2n) is 4.64. The summed E-state index contributed by atoms with van der Waals surface area (Å²) in [5.74, 6) is 1.12. The molecule has 1 aromatic rings. The molecule has 1 aliphatic heterocycles. The van der Waals surface area contributed by atoms with Gasteiger partial charge >= 0.3 is 0 Å². The summed E-state index contributed by atoms with van der Waals surface area (Å²) in [5, 5.41) is 9.67. The number of aromatic hydroxyl groups is 1. The molecular weight excluding hydrogens is 230 g/mol. The van der Waals surface area contributed by atoms with Gasteiger partial charge in [0.25, 0.3) is 0 Å². The third-order valence-corrected chi connectivity index (χ3v) is 3.44. The molecule has 18 heavy (non-hydrogen) atoms. The zero-order valence-corrected chi connectivity index (χ0v) is 10.8. The van der Waals surface area contributed by atoms with E-state index in [9.17, 15) is 5.11 Å². The van der Waals surface area contributed by atoms with E-state index >= 15 is 0 Å². The highest BCUT2D eigenvalue weighted by molar-refractivity contribution is 5.42. The van der Waals surface area contributed by atoms with Crippen LogP contribution in [0.2, 0.25) is 0 Å². The van der Waals surface area contributed by atoms with Crippen molar-refractivity contribution in [2.75, 3.05) is 19.8 Å². The van der Waals surface area contributed by atoms with Crippen LogP contribution < -0.4 is 10.5 Å². The number of nitrogens with two attached hydrogens (primary N) is 1. The quantitative estimate of drug-likeness (QED) is 0.861. The first-order chi connectivity index (χ1) is 8.72. The van der Waals surface area contributed by atoms with Crippen LogP contribution in [-0.2, 0) is 4.74 Å². The average molecular weight is 251 g/mol. The van der Waals surface area contributed by atoms with Gasteiger partial charge in [-0.25, -0.2) is 0 Å². The average Bonchev–Trinajstić information content (AvgIpc) is 2.42. The summed E-state index contributed by atoms with van der Waals surface area (Å²) in [6.45, 7) is 4.00. The Kier molecular flexibility index (Phi) is 4.44. The Bertz CT molecular complexity index is 389. The highest BCUT2D eigenvalue weighted by Gasteiger charge is 2.23. The molecule has 4 nitrogen and oxygen atoms in total. The van der Waals surface area contributed by atoms with Crippen LogP contribution in [0.4, 0.5) is 0 Å². The second-order valence-corrected chi connectivity index (χ2v) is 4.64. The summed E-state index contributed by atoms with van der Waals surface area (Å²) >= 11 is 0. The normalized spacial score (nSPS) is 18.6. The Balaban J connectivity index is 2.13. The highest BCUT2D eigenvalue weighted by atomic mass is 16.5. The van der Waals surface area contributed by atoms with Crippen LogP contribution in [0.3, 0.4) is 0 Å². The molecule has 1 saturated heterocycles. The zero-order chi connectivity index (χ0) is 13.0. The van der Waals surface area contributed by atoms with Crippen molar-refractivity contribution in [1.29, 1.82) is 0 Å². The third kappa shape index (κ3) is 2.94. The van der Waals surface area contributed by atoms with Gasteiger partial charge in [0.2, 0.25) is 0 Å². The maximum Gasteiger partial charge on any atom is 0.161 e. The number of phenolic OH excluding ortho intramolecular Hbond substituents is 1. The Morgan fingerprint density at radius 2 is 2.17 bits per heavy atom. The molecule has 1 atom stereocenters. The van der Waals surface area contributed by atoms with E-state index in [1.165, 1.54) is 0 Å². The molecule has 0 saturated carbocycles. The number of phenols is 1. The first kappa shape index (κ1) is 13.2. The van der Waals surface area contributed by atoms with Gasteiger partial charge in [0.15, 0.2) is 11.5 Å². The second kappa shape index (κ2) is 6.07. The predicted molar refractivity (Wildman–Crippen MR) is 69.7 cm³/mol. The van der Waals surface area contributed by atoms with Gasteiger partial charge in [-0.15, -0.1) is 0 Å². The summed E-state index contributed by atoms with van der Waals surface area (Å²) in [6, 6.07) is 5.35. The number of rotatable bonds is 4. The number of hydrogen-bond donors (Lipinski definition) is 2. The Labute approximate surface area is 108 Å². The minimum atomic E-state index is -0.0197. The van der Waals surface area contributed by atoms with Gasteiger partial charge in [0.05, 0.1) is 6.61 Å². The fourth-order valence-corrected chi connectivity index (χ4v) is 2.36. The molecule has 4 heteroatoms. The first-order valence-electron chi connectivity index (χ1n) is 6.51. The number of hydrogen-bond acceptors (Lipinski definition) is 4. The fraction of sp³-hybridized carbons (Fsp3) is 0.571. The standard InChI is InChI=1S/C14H21NO3/c1-2-18-13-9-11(3-4-12(13)16)14(15)10-5-7-17-8-6-10/h3-4,9-10,14,16H,2,5-8,15H2,1H3/t14-/m1/s1. The van der Waals surface area contributed by atoms with E-state index in [2.05, 4.69) is 0 Å². The van der Waals surface area contributed by atoms with Crippen LogP contribution >= 0.6 is 0 Å². The predicted octanol–water partition coefficient (Wildman–Crippen LogP) is 2.22. The van der Waals surface area contributed by atoms with Crippen LogP contribution in [0, 0.1) is 5.92 Å². The van der Waals surface area contributed by atoms with Crippen LogP contribution in [-0.4, -0.2) is 24.9 Å². The molecule has 3 N–H and O–H groups in total. The highest BCUT2D eigenvalue weighted by Crippen LogP contribution is 2.33. The van der Waals surface area contributed by atoms with Gasteiger partial charge in [-0.05, 0) is 43.4 Å². The number of benzene rings is 1. The third-order valence-electron chi connectivity index (χ3n) is 3.44. The maximum absolute atomic E-state index is 9.67. The lowest BCUT2D eigenvalue weighted by Gasteiger charge is -2.28. The van der Waals surface area contributed by atoms with E-state index in [1.807, 2.05) is 19.1 Å². The molecule has 2 rings (SSSR count). The van der Waals surface area contributed by atoms with Crippen molar-refractivity contribution < 1.29 is 14.6 Å². The Hall–Kier alpha value is -1.26. The van der Waals surface area contributed by atoms with Crippen LogP contribution in [0.5, 0.6) is 11.5 Å². The summed E-state index contributed by atoms with van der Waals surface area (Å²) in [6.07, 6.45) is 1.98. The van der Waals surface area contributed by atoms with Gasteiger partial charge in [-0.3, -0.25) is 0 Å². The molecular formula is C14H21NO3. The van der Waals surface area contributed by atoms with E-state index < -0.39 is 0 Å². The lowest BCUT2D eigenvalue weighted by atomic mass is 9.88. The largest absolute Gasteiger partial charge is 0.504 e. The molecule has 1 fully saturated rings. The summed E-state index contributed by atoms with van der Waals surface area (Å²) in [4.78, 5) is 0. The first-order valence-corrected chi connectivity index (χ1v) is 6.51. The van der Waals surface area contributed by atoms with Gasteiger partial charge in [0.1, 0.15) is 0 Å². The van der Waals surface area contributed by atoms with Crippen LogP contribution in [0.25, 0.3) is 0 Å². The summed E-state index contributed by atoms with van der Waals surface area (Å²) < 4.78 is 10.7. The van der Waals surface area contributed by atoms with Gasteiger partial charge in [-0.2, -0.15) is 0 Å².